The number of nitrogens with one attached hydrogen (secondary N) is 1. The summed E-state index contributed by atoms with van der Waals surface area (Å²) in [4.78, 5) is 22.8. The Hall–Kier alpha value is -3.59. The number of carbonyl (C=O) groups is 1. The average Bonchev–Trinajstić information content (AvgIpc) is 3.18. The molecule has 0 saturated heterocycles. The maximum atomic E-state index is 12.6. The van der Waals surface area contributed by atoms with Gasteiger partial charge in [0.05, 0.1) is 0 Å². The molecule has 0 aliphatic rings. The van der Waals surface area contributed by atoms with E-state index >= 15 is 0 Å². The van der Waals surface area contributed by atoms with Crippen LogP contribution in [-0.4, -0.2) is 34.6 Å². The van der Waals surface area contributed by atoms with E-state index < -0.39 is 28.2 Å². The third-order valence-corrected chi connectivity index (χ3v) is 4.51. The number of amides is 1. The zero-order valence-electron chi connectivity index (χ0n) is 15.5. The van der Waals surface area contributed by atoms with Gasteiger partial charge in [-0.15, -0.1) is 0 Å². The number of aryl methyl sites for hydroxylation is 1. The summed E-state index contributed by atoms with van der Waals surface area (Å²) in [5.41, 5.74) is 0.948. The van der Waals surface area contributed by atoms with Crippen LogP contribution >= 0.6 is 0 Å². The summed E-state index contributed by atoms with van der Waals surface area (Å²) in [7, 11) is -3.94. The number of ether oxygens (including phenoxy) is 1. The van der Waals surface area contributed by atoms with E-state index in [9.17, 15) is 26.4 Å². The minimum atomic E-state index is -4.77. The molecule has 3 heterocycles. The number of primary sulfonamides is 1. The molecule has 164 valence electrons. The lowest BCUT2D eigenvalue weighted by atomic mass is 10.2. The van der Waals surface area contributed by atoms with Crippen LogP contribution in [0, 0.1) is 6.92 Å². The Morgan fingerprint density at radius 1 is 1.26 bits per heavy atom. The van der Waals surface area contributed by atoms with Gasteiger partial charge in [-0.25, -0.2) is 28.3 Å². The first kappa shape index (κ1) is 22.1. The molecule has 3 rings (SSSR count). The number of carbonyl (C=O) groups excluding carboxylic acids is 1. The van der Waals surface area contributed by atoms with Crippen molar-refractivity contribution in [3.8, 4) is 11.4 Å². The Labute approximate surface area is 172 Å². The van der Waals surface area contributed by atoms with Crippen LogP contribution in [-0.2, 0) is 27.5 Å². The Morgan fingerprint density at radius 3 is 2.55 bits per heavy atom. The van der Waals surface area contributed by atoms with Crippen LogP contribution in [0.2, 0.25) is 0 Å². The van der Waals surface area contributed by atoms with Gasteiger partial charge in [-0.05, 0) is 24.6 Å². The Bertz CT molecular complexity index is 1210. The molecule has 0 aliphatic carbocycles. The van der Waals surface area contributed by atoms with Crippen LogP contribution in [0.15, 0.2) is 40.1 Å². The number of nitrogens with two attached hydrogens (primary N) is 1. The van der Waals surface area contributed by atoms with Gasteiger partial charge in [-0.1, -0.05) is 11.2 Å². The molecule has 0 saturated carbocycles. The lowest BCUT2D eigenvalue weighted by molar-refractivity contribution is -0.159. The standard InChI is InChI=1S/C16H13F3N6O5S/c1-8-4-10(13-23-14(30-25-13)16(17,18)19)6-22-12(8)24-15(26)29-7-9-2-3-11(21-5-9)31(20,27)28/h2-6H,7H2,1H3,(H2,20,27,28)(H,22,24,26). The van der Waals surface area contributed by atoms with Crippen molar-refractivity contribution in [2.75, 3.05) is 5.32 Å². The van der Waals surface area contributed by atoms with E-state index in [0.29, 0.717) is 11.1 Å². The number of anilines is 1. The Morgan fingerprint density at radius 2 is 2.00 bits per heavy atom. The first-order valence-corrected chi connectivity index (χ1v) is 9.77. The van der Waals surface area contributed by atoms with Gasteiger partial charge < -0.3 is 9.26 Å². The predicted molar refractivity (Wildman–Crippen MR) is 96.7 cm³/mol. The number of sulfonamides is 1. The second-order valence-electron chi connectivity index (χ2n) is 6.06. The van der Waals surface area contributed by atoms with Gasteiger partial charge >= 0.3 is 18.2 Å². The van der Waals surface area contributed by atoms with E-state index in [2.05, 4.69) is 29.9 Å². The minimum absolute atomic E-state index is 0.0935. The zero-order valence-corrected chi connectivity index (χ0v) is 16.4. The Kier molecular flexibility index (Phi) is 5.90. The van der Waals surface area contributed by atoms with Crippen molar-refractivity contribution < 1.29 is 35.6 Å². The monoisotopic (exact) mass is 458 g/mol. The summed E-state index contributed by atoms with van der Waals surface area (Å²) in [6.07, 6.45) is -3.31. The molecule has 15 heteroatoms. The molecule has 0 unspecified atom stereocenters. The number of nitrogens with zero attached hydrogens (tertiary/aromatic N) is 4. The van der Waals surface area contributed by atoms with Crippen molar-refractivity contribution in [3.63, 3.8) is 0 Å². The average molecular weight is 458 g/mol. The summed E-state index contributed by atoms with van der Waals surface area (Å²) in [5.74, 6) is -1.71. The van der Waals surface area contributed by atoms with Crippen molar-refractivity contribution >= 4 is 21.9 Å². The highest BCUT2D eigenvalue weighted by atomic mass is 32.2. The molecule has 0 aliphatic heterocycles. The molecule has 31 heavy (non-hydrogen) atoms. The molecule has 0 spiro atoms. The smallest absolute Gasteiger partial charge is 0.444 e. The number of hydrogen-bond donors (Lipinski definition) is 2. The lowest BCUT2D eigenvalue weighted by Crippen LogP contribution is -2.16. The summed E-state index contributed by atoms with van der Waals surface area (Å²) in [6.45, 7) is 1.33. The minimum Gasteiger partial charge on any atom is -0.444 e. The molecule has 0 atom stereocenters. The van der Waals surface area contributed by atoms with Crippen LogP contribution in [0.5, 0.6) is 0 Å². The van der Waals surface area contributed by atoms with Gasteiger partial charge in [0.25, 0.3) is 10.0 Å². The fraction of sp³-hybridized carbons (Fsp3) is 0.188. The molecular formula is C16H13F3N6O5S. The third kappa shape index (κ3) is 5.52. The molecule has 0 fully saturated rings. The van der Waals surface area contributed by atoms with Gasteiger partial charge in [0.2, 0.25) is 5.82 Å². The fourth-order valence-electron chi connectivity index (χ4n) is 2.23. The zero-order chi connectivity index (χ0) is 22.8. The fourth-order valence-corrected chi connectivity index (χ4v) is 2.69. The molecule has 3 aromatic rings. The number of halogens is 3. The number of rotatable bonds is 5. The van der Waals surface area contributed by atoms with Crippen LogP contribution in [0.4, 0.5) is 23.8 Å². The predicted octanol–water partition coefficient (Wildman–Crippen LogP) is 2.25. The third-order valence-electron chi connectivity index (χ3n) is 3.68. The molecular weight excluding hydrogens is 445 g/mol. The number of hydrogen-bond acceptors (Lipinski definition) is 9. The molecule has 0 bridgehead atoms. The second-order valence-corrected chi connectivity index (χ2v) is 7.57. The number of pyridine rings is 2. The molecule has 1 amide bonds. The number of aromatic nitrogens is 4. The van der Waals surface area contributed by atoms with Crippen molar-refractivity contribution in [1.29, 1.82) is 0 Å². The summed E-state index contributed by atoms with van der Waals surface area (Å²) in [5, 5.41) is 10.2. The lowest BCUT2D eigenvalue weighted by Gasteiger charge is -2.09. The summed E-state index contributed by atoms with van der Waals surface area (Å²) in [6, 6.07) is 3.94. The van der Waals surface area contributed by atoms with E-state index in [-0.39, 0.29) is 28.8 Å². The van der Waals surface area contributed by atoms with Gasteiger partial charge in [0, 0.05) is 23.5 Å². The first-order chi connectivity index (χ1) is 14.4. The molecule has 0 aromatic carbocycles. The van der Waals surface area contributed by atoms with Crippen LogP contribution < -0.4 is 10.5 Å². The van der Waals surface area contributed by atoms with Crippen molar-refractivity contribution in [2.45, 2.75) is 24.7 Å². The van der Waals surface area contributed by atoms with E-state index in [1.807, 2.05) is 0 Å². The summed E-state index contributed by atoms with van der Waals surface area (Å²) < 4.78 is 69.2. The van der Waals surface area contributed by atoms with Crippen molar-refractivity contribution in [1.82, 2.24) is 20.1 Å². The van der Waals surface area contributed by atoms with Gasteiger partial charge in [-0.3, -0.25) is 5.32 Å². The van der Waals surface area contributed by atoms with E-state index in [4.69, 9.17) is 9.88 Å². The topological polar surface area (TPSA) is 163 Å². The normalized spacial score (nSPS) is 11.9. The largest absolute Gasteiger partial charge is 0.471 e. The highest BCUT2D eigenvalue weighted by molar-refractivity contribution is 7.89. The van der Waals surface area contributed by atoms with Crippen LogP contribution in [0.25, 0.3) is 11.4 Å². The van der Waals surface area contributed by atoms with E-state index in [1.165, 1.54) is 24.4 Å². The highest BCUT2D eigenvalue weighted by Crippen LogP contribution is 2.29. The molecule has 11 nitrogen and oxygen atoms in total. The molecule has 0 radical (unpaired) electrons. The van der Waals surface area contributed by atoms with Crippen LogP contribution in [0.3, 0.4) is 0 Å². The molecule has 3 N–H and O–H groups in total. The molecule has 3 aromatic heterocycles. The van der Waals surface area contributed by atoms with Crippen molar-refractivity contribution in [2.24, 2.45) is 5.14 Å². The quantitative estimate of drug-likeness (QED) is 0.583. The van der Waals surface area contributed by atoms with Crippen LogP contribution in [0.1, 0.15) is 17.0 Å². The highest BCUT2D eigenvalue weighted by Gasteiger charge is 2.38. The maximum absolute atomic E-state index is 12.6. The Balaban J connectivity index is 1.62. The first-order valence-electron chi connectivity index (χ1n) is 8.23. The van der Waals surface area contributed by atoms with Gasteiger partial charge in [0.1, 0.15) is 12.4 Å². The number of alkyl halides is 3. The van der Waals surface area contributed by atoms with E-state index in [1.54, 1.807) is 6.92 Å². The van der Waals surface area contributed by atoms with Gasteiger partial charge in [0.15, 0.2) is 5.03 Å². The SMILES string of the molecule is Cc1cc(-c2noc(C(F)(F)F)n2)cnc1NC(=O)OCc1ccc(S(N)(=O)=O)nc1. The van der Waals surface area contributed by atoms with Crippen molar-refractivity contribution in [3.05, 3.63) is 47.6 Å². The van der Waals surface area contributed by atoms with E-state index in [0.717, 1.165) is 6.20 Å². The van der Waals surface area contributed by atoms with Gasteiger partial charge in [-0.2, -0.15) is 18.2 Å². The summed E-state index contributed by atoms with van der Waals surface area (Å²) >= 11 is 0. The second kappa shape index (κ2) is 8.27. The maximum Gasteiger partial charge on any atom is 0.471 e.